The minimum atomic E-state index is -0.609. The van der Waals surface area contributed by atoms with E-state index in [0.29, 0.717) is 39.3 Å². The van der Waals surface area contributed by atoms with Crippen LogP contribution in [0.1, 0.15) is 53.4 Å². The van der Waals surface area contributed by atoms with E-state index in [-0.39, 0.29) is 12.2 Å². The van der Waals surface area contributed by atoms with Gasteiger partial charge in [-0.05, 0) is 26.7 Å². The summed E-state index contributed by atoms with van der Waals surface area (Å²) in [5.41, 5.74) is 0. The van der Waals surface area contributed by atoms with Crippen molar-refractivity contribution in [1.82, 2.24) is 0 Å². The van der Waals surface area contributed by atoms with Crippen LogP contribution in [0.3, 0.4) is 0 Å². The first kappa shape index (κ1) is 19.2. The molecule has 0 heterocycles. The molecule has 0 spiro atoms. The zero-order valence-corrected chi connectivity index (χ0v) is 13.4. The summed E-state index contributed by atoms with van der Waals surface area (Å²) >= 11 is 0. The van der Waals surface area contributed by atoms with Crippen molar-refractivity contribution in [3.8, 4) is 0 Å². The molecule has 0 saturated carbocycles. The number of ether oxygens (including phenoxy) is 4. The molecule has 2 atom stereocenters. The Balaban J connectivity index is 3.63. The van der Waals surface area contributed by atoms with Crippen LogP contribution in [0.4, 0.5) is 4.79 Å². The molecule has 2 unspecified atom stereocenters. The second kappa shape index (κ2) is 13.2. The molecule has 0 bridgehead atoms. The van der Waals surface area contributed by atoms with E-state index in [1.807, 2.05) is 13.8 Å². The zero-order valence-electron chi connectivity index (χ0n) is 13.4. The summed E-state index contributed by atoms with van der Waals surface area (Å²) in [7, 11) is 0. The van der Waals surface area contributed by atoms with Crippen LogP contribution in [0.2, 0.25) is 0 Å². The van der Waals surface area contributed by atoms with Gasteiger partial charge in [-0.2, -0.15) is 0 Å². The van der Waals surface area contributed by atoms with E-state index in [9.17, 15) is 4.79 Å². The summed E-state index contributed by atoms with van der Waals surface area (Å²) in [5.74, 6) is 0. The topological polar surface area (TPSA) is 54.0 Å². The number of carbonyl (C=O) groups excluding carboxylic acids is 1. The Bertz CT molecular complexity index is 210. The third-order valence-electron chi connectivity index (χ3n) is 3.03. The van der Waals surface area contributed by atoms with Crippen LogP contribution in [0.5, 0.6) is 0 Å². The van der Waals surface area contributed by atoms with Gasteiger partial charge < -0.3 is 18.9 Å². The molecule has 0 aromatic carbocycles. The van der Waals surface area contributed by atoms with Crippen LogP contribution in [-0.4, -0.2) is 44.8 Å². The Kier molecular flexibility index (Phi) is 12.7. The van der Waals surface area contributed by atoms with Gasteiger partial charge >= 0.3 is 6.16 Å². The van der Waals surface area contributed by atoms with Crippen LogP contribution >= 0.6 is 0 Å². The van der Waals surface area contributed by atoms with Gasteiger partial charge in [0.2, 0.25) is 0 Å². The standard InChI is InChI=1S/C15H30O5/c1-5-13(17-7-3)9-11-19-15(16)20-12-10-14(6-2)18-8-4/h13-14H,5-12H2,1-4H3. The highest BCUT2D eigenvalue weighted by Gasteiger charge is 2.10. The van der Waals surface area contributed by atoms with Gasteiger partial charge in [0.1, 0.15) is 0 Å². The Morgan fingerprint density at radius 3 is 1.50 bits per heavy atom. The smallest absolute Gasteiger partial charge is 0.434 e. The van der Waals surface area contributed by atoms with Crippen molar-refractivity contribution < 1.29 is 23.7 Å². The highest BCUT2D eigenvalue weighted by atomic mass is 16.7. The zero-order chi connectivity index (χ0) is 15.2. The molecule has 0 aliphatic carbocycles. The van der Waals surface area contributed by atoms with Gasteiger partial charge in [0.15, 0.2) is 0 Å². The van der Waals surface area contributed by atoms with Crippen LogP contribution in [0.25, 0.3) is 0 Å². The monoisotopic (exact) mass is 290 g/mol. The van der Waals surface area contributed by atoms with Gasteiger partial charge in [-0.1, -0.05) is 13.8 Å². The van der Waals surface area contributed by atoms with Crippen LogP contribution in [0, 0.1) is 0 Å². The fourth-order valence-electron chi connectivity index (χ4n) is 1.87. The Morgan fingerprint density at radius 1 is 0.800 bits per heavy atom. The lowest BCUT2D eigenvalue weighted by Crippen LogP contribution is -2.19. The minimum Gasteiger partial charge on any atom is -0.434 e. The molecule has 0 N–H and O–H groups in total. The molecule has 20 heavy (non-hydrogen) atoms. The fraction of sp³-hybridized carbons (Fsp3) is 0.933. The lowest BCUT2D eigenvalue weighted by molar-refractivity contribution is 0.00626. The average Bonchev–Trinajstić information content (AvgIpc) is 2.45. The quantitative estimate of drug-likeness (QED) is 0.514. The summed E-state index contributed by atoms with van der Waals surface area (Å²) in [6, 6.07) is 0. The Labute approximate surface area is 122 Å². The molecular weight excluding hydrogens is 260 g/mol. The second-order valence-corrected chi connectivity index (χ2v) is 4.50. The first-order valence-corrected chi connectivity index (χ1v) is 7.70. The largest absolute Gasteiger partial charge is 0.508 e. The minimum absolute atomic E-state index is 0.148. The lowest BCUT2D eigenvalue weighted by Gasteiger charge is -2.16. The maximum Gasteiger partial charge on any atom is 0.508 e. The predicted octanol–water partition coefficient (Wildman–Crippen LogP) is 3.55. The summed E-state index contributed by atoms with van der Waals surface area (Å²) < 4.78 is 21.0. The van der Waals surface area contributed by atoms with Gasteiger partial charge in [0.05, 0.1) is 25.4 Å². The molecule has 0 amide bonds. The molecule has 120 valence electrons. The lowest BCUT2D eigenvalue weighted by atomic mass is 10.2. The van der Waals surface area contributed by atoms with Crippen molar-refractivity contribution in [2.24, 2.45) is 0 Å². The van der Waals surface area contributed by atoms with E-state index in [4.69, 9.17) is 18.9 Å². The normalized spacial score (nSPS) is 13.8. The first-order valence-electron chi connectivity index (χ1n) is 7.70. The third kappa shape index (κ3) is 10.0. The first-order chi connectivity index (χ1) is 9.67. The Hall–Kier alpha value is -0.810. The van der Waals surface area contributed by atoms with Gasteiger partial charge in [0.25, 0.3) is 0 Å². The number of hydrogen-bond acceptors (Lipinski definition) is 5. The molecule has 5 heteroatoms. The summed E-state index contributed by atoms with van der Waals surface area (Å²) in [4.78, 5) is 11.4. The molecule has 0 aliphatic rings. The van der Waals surface area contributed by atoms with Crippen molar-refractivity contribution in [2.45, 2.75) is 65.6 Å². The maximum absolute atomic E-state index is 11.4. The van der Waals surface area contributed by atoms with E-state index in [2.05, 4.69) is 13.8 Å². The van der Waals surface area contributed by atoms with E-state index in [0.717, 1.165) is 12.8 Å². The number of carbonyl (C=O) groups is 1. The summed E-state index contributed by atoms with van der Waals surface area (Å²) in [6.45, 7) is 10.0. The molecule has 0 rings (SSSR count). The molecule has 0 aromatic heterocycles. The van der Waals surface area contributed by atoms with Crippen molar-refractivity contribution in [3.63, 3.8) is 0 Å². The summed E-state index contributed by atoms with van der Waals surface area (Å²) in [6.07, 6.45) is 2.93. The van der Waals surface area contributed by atoms with Gasteiger partial charge in [-0.3, -0.25) is 0 Å². The highest BCUT2D eigenvalue weighted by molar-refractivity contribution is 5.59. The Morgan fingerprint density at radius 2 is 1.20 bits per heavy atom. The van der Waals surface area contributed by atoms with Gasteiger partial charge in [-0.15, -0.1) is 0 Å². The van der Waals surface area contributed by atoms with E-state index in [1.54, 1.807) is 0 Å². The third-order valence-corrected chi connectivity index (χ3v) is 3.03. The SMILES string of the molecule is CCOC(CC)CCOC(=O)OCCC(CC)OCC. The maximum atomic E-state index is 11.4. The molecule has 0 aromatic rings. The number of hydrogen-bond donors (Lipinski definition) is 0. The van der Waals surface area contributed by atoms with Crippen molar-refractivity contribution >= 4 is 6.16 Å². The molecule has 0 fully saturated rings. The van der Waals surface area contributed by atoms with E-state index >= 15 is 0 Å². The molecule has 5 nitrogen and oxygen atoms in total. The summed E-state index contributed by atoms with van der Waals surface area (Å²) in [5, 5.41) is 0. The highest BCUT2D eigenvalue weighted by Crippen LogP contribution is 2.06. The number of rotatable bonds is 12. The molecule has 0 saturated heterocycles. The fourth-order valence-corrected chi connectivity index (χ4v) is 1.87. The van der Waals surface area contributed by atoms with Crippen molar-refractivity contribution in [1.29, 1.82) is 0 Å². The van der Waals surface area contributed by atoms with Crippen LogP contribution in [0.15, 0.2) is 0 Å². The molecular formula is C15H30O5. The van der Waals surface area contributed by atoms with Crippen molar-refractivity contribution in [3.05, 3.63) is 0 Å². The molecule has 0 radical (unpaired) electrons. The van der Waals surface area contributed by atoms with Gasteiger partial charge in [0, 0.05) is 26.1 Å². The van der Waals surface area contributed by atoms with Crippen LogP contribution < -0.4 is 0 Å². The molecule has 0 aliphatic heterocycles. The predicted molar refractivity (Wildman–Crippen MR) is 77.9 cm³/mol. The average molecular weight is 290 g/mol. The van der Waals surface area contributed by atoms with Crippen LogP contribution in [-0.2, 0) is 18.9 Å². The van der Waals surface area contributed by atoms with Gasteiger partial charge in [-0.25, -0.2) is 4.79 Å². The van der Waals surface area contributed by atoms with E-state index < -0.39 is 6.16 Å². The van der Waals surface area contributed by atoms with Crippen molar-refractivity contribution in [2.75, 3.05) is 26.4 Å². The second-order valence-electron chi connectivity index (χ2n) is 4.50. The van der Waals surface area contributed by atoms with E-state index in [1.165, 1.54) is 0 Å².